The molecule has 0 aromatic heterocycles. The third kappa shape index (κ3) is 3.98. The van der Waals surface area contributed by atoms with E-state index in [9.17, 15) is 14.4 Å². The van der Waals surface area contributed by atoms with E-state index >= 15 is 0 Å². The summed E-state index contributed by atoms with van der Waals surface area (Å²) in [6.45, 7) is 6.14. The van der Waals surface area contributed by atoms with Gasteiger partial charge in [0.25, 0.3) is 5.91 Å². The van der Waals surface area contributed by atoms with E-state index < -0.39 is 0 Å². The van der Waals surface area contributed by atoms with Gasteiger partial charge in [0, 0.05) is 49.4 Å². The highest BCUT2D eigenvalue weighted by molar-refractivity contribution is 5.98. The molecule has 0 bridgehead atoms. The number of hydrogen-bond donors (Lipinski definition) is 2. The number of anilines is 1. The molecule has 2 saturated heterocycles. The molecular formula is C19H26N4O3. The number of urea groups is 1. The third-order valence-electron chi connectivity index (χ3n) is 4.84. The predicted octanol–water partition coefficient (Wildman–Crippen LogP) is 1.59. The van der Waals surface area contributed by atoms with E-state index in [1.807, 2.05) is 19.9 Å². The van der Waals surface area contributed by atoms with Gasteiger partial charge < -0.3 is 15.5 Å². The molecule has 26 heavy (non-hydrogen) atoms. The molecule has 7 nitrogen and oxygen atoms in total. The number of nitrogens with one attached hydrogen (secondary N) is 2. The number of hydrogen-bond acceptors (Lipinski definition) is 3. The SMILES string of the molecule is CC(C)C(=O)N[C@H]1CCCN(C(=O)c2cccc(N3CCNC3=O)c2)C1. The number of carbonyl (C=O) groups excluding carboxylic acids is 3. The zero-order valence-electron chi connectivity index (χ0n) is 15.3. The van der Waals surface area contributed by atoms with Gasteiger partial charge in [0.15, 0.2) is 0 Å². The molecular weight excluding hydrogens is 332 g/mol. The van der Waals surface area contributed by atoms with Gasteiger partial charge in [0.1, 0.15) is 0 Å². The molecule has 0 unspecified atom stereocenters. The molecule has 1 atom stereocenters. The van der Waals surface area contributed by atoms with Crippen LogP contribution in [0.15, 0.2) is 24.3 Å². The molecule has 4 amide bonds. The second-order valence-corrected chi connectivity index (χ2v) is 7.19. The van der Waals surface area contributed by atoms with E-state index in [2.05, 4.69) is 10.6 Å². The van der Waals surface area contributed by atoms with Crippen molar-refractivity contribution in [2.24, 2.45) is 5.92 Å². The van der Waals surface area contributed by atoms with Crippen molar-refractivity contribution in [1.29, 1.82) is 0 Å². The summed E-state index contributed by atoms with van der Waals surface area (Å²) in [4.78, 5) is 40.1. The predicted molar refractivity (Wildman–Crippen MR) is 99.1 cm³/mol. The summed E-state index contributed by atoms with van der Waals surface area (Å²) in [6.07, 6.45) is 1.75. The van der Waals surface area contributed by atoms with Crippen molar-refractivity contribution in [3.8, 4) is 0 Å². The van der Waals surface area contributed by atoms with Crippen molar-refractivity contribution in [2.75, 3.05) is 31.1 Å². The summed E-state index contributed by atoms with van der Waals surface area (Å²) in [6, 6.07) is 7.04. The lowest BCUT2D eigenvalue weighted by molar-refractivity contribution is -0.125. The van der Waals surface area contributed by atoms with E-state index in [0.717, 1.165) is 18.5 Å². The lowest BCUT2D eigenvalue weighted by Crippen LogP contribution is -2.50. The molecule has 7 heteroatoms. The zero-order chi connectivity index (χ0) is 18.7. The van der Waals surface area contributed by atoms with E-state index in [1.165, 1.54) is 0 Å². The zero-order valence-corrected chi connectivity index (χ0v) is 15.3. The van der Waals surface area contributed by atoms with Crippen LogP contribution in [0.3, 0.4) is 0 Å². The second-order valence-electron chi connectivity index (χ2n) is 7.19. The maximum atomic E-state index is 12.9. The molecule has 2 heterocycles. The van der Waals surface area contributed by atoms with E-state index in [1.54, 1.807) is 28.0 Å². The maximum absolute atomic E-state index is 12.9. The Hall–Kier alpha value is -2.57. The van der Waals surface area contributed by atoms with Crippen molar-refractivity contribution in [3.05, 3.63) is 29.8 Å². The number of amides is 4. The van der Waals surface area contributed by atoms with Crippen LogP contribution in [0, 0.1) is 5.92 Å². The maximum Gasteiger partial charge on any atom is 0.321 e. The Morgan fingerprint density at radius 3 is 2.77 bits per heavy atom. The second kappa shape index (κ2) is 7.76. The van der Waals surface area contributed by atoms with Crippen LogP contribution in [-0.4, -0.2) is 55.0 Å². The Morgan fingerprint density at radius 1 is 1.27 bits per heavy atom. The number of benzene rings is 1. The number of piperidine rings is 1. The number of nitrogens with zero attached hydrogens (tertiary/aromatic N) is 2. The normalized spacial score (nSPS) is 20.3. The van der Waals surface area contributed by atoms with Crippen molar-refractivity contribution >= 4 is 23.5 Å². The Kier molecular flexibility index (Phi) is 5.44. The largest absolute Gasteiger partial charge is 0.351 e. The fourth-order valence-corrected chi connectivity index (χ4v) is 3.35. The molecule has 2 aliphatic rings. The van der Waals surface area contributed by atoms with E-state index in [4.69, 9.17) is 0 Å². The van der Waals surface area contributed by atoms with E-state index in [0.29, 0.717) is 31.7 Å². The van der Waals surface area contributed by atoms with Gasteiger partial charge in [-0.3, -0.25) is 14.5 Å². The minimum Gasteiger partial charge on any atom is -0.351 e. The monoisotopic (exact) mass is 358 g/mol. The summed E-state index contributed by atoms with van der Waals surface area (Å²) in [5, 5.41) is 5.79. The van der Waals surface area contributed by atoms with Crippen molar-refractivity contribution in [3.63, 3.8) is 0 Å². The Labute approximate surface area is 153 Å². The van der Waals surface area contributed by atoms with Crippen LogP contribution in [0.4, 0.5) is 10.5 Å². The van der Waals surface area contributed by atoms with E-state index in [-0.39, 0.29) is 29.8 Å². The highest BCUT2D eigenvalue weighted by atomic mass is 16.2. The highest BCUT2D eigenvalue weighted by Crippen LogP contribution is 2.21. The number of carbonyl (C=O) groups is 3. The van der Waals surface area contributed by atoms with Gasteiger partial charge in [0.05, 0.1) is 0 Å². The van der Waals surface area contributed by atoms with Crippen molar-refractivity contribution < 1.29 is 14.4 Å². The lowest BCUT2D eigenvalue weighted by atomic mass is 10.0. The lowest BCUT2D eigenvalue weighted by Gasteiger charge is -2.33. The third-order valence-corrected chi connectivity index (χ3v) is 4.84. The first-order valence-corrected chi connectivity index (χ1v) is 9.21. The molecule has 0 radical (unpaired) electrons. The standard InChI is InChI=1S/C19H26N4O3/c1-13(2)17(24)21-15-6-4-9-22(12-15)18(25)14-5-3-7-16(11-14)23-10-8-20-19(23)26/h3,5,7,11,13,15H,4,6,8-10,12H2,1-2H3,(H,20,26)(H,21,24)/t15-/m0/s1. The molecule has 0 saturated carbocycles. The molecule has 2 aliphatic heterocycles. The Balaban J connectivity index is 1.68. The van der Waals surface area contributed by atoms with Gasteiger partial charge in [-0.05, 0) is 31.0 Å². The van der Waals surface area contributed by atoms with Gasteiger partial charge in [-0.2, -0.15) is 0 Å². The minimum absolute atomic E-state index is 0.00450. The first kappa shape index (κ1) is 18.2. The molecule has 140 valence electrons. The van der Waals surface area contributed by atoms with Crippen LogP contribution in [0.25, 0.3) is 0 Å². The fourth-order valence-electron chi connectivity index (χ4n) is 3.35. The average Bonchev–Trinajstić information content (AvgIpc) is 3.07. The van der Waals surface area contributed by atoms with Crippen LogP contribution in [0.5, 0.6) is 0 Å². The molecule has 2 N–H and O–H groups in total. The Bertz CT molecular complexity index is 704. The minimum atomic E-state index is -0.135. The number of likely N-dealkylation sites (tertiary alicyclic amines) is 1. The smallest absolute Gasteiger partial charge is 0.321 e. The summed E-state index contributed by atoms with van der Waals surface area (Å²) in [5.41, 5.74) is 1.30. The van der Waals surface area contributed by atoms with Crippen LogP contribution in [0.2, 0.25) is 0 Å². The fraction of sp³-hybridized carbons (Fsp3) is 0.526. The average molecular weight is 358 g/mol. The summed E-state index contributed by atoms with van der Waals surface area (Å²) >= 11 is 0. The van der Waals surface area contributed by atoms with Crippen LogP contribution < -0.4 is 15.5 Å². The van der Waals surface area contributed by atoms with Crippen molar-refractivity contribution in [1.82, 2.24) is 15.5 Å². The molecule has 3 rings (SSSR count). The van der Waals surface area contributed by atoms with Gasteiger partial charge in [-0.15, -0.1) is 0 Å². The first-order valence-electron chi connectivity index (χ1n) is 9.21. The number of rotatable bonds is 4. The van der Waals surface area contributed by atoms with Gasteiger partial charge >= 0.3 is 6.03 Å². The van der Waals surface area contributed by atoms with Crippen LogP contribution in [-0.2, 0) is 4.79 Å². The molecule has 1 aromatic rings. The summed E-state index contributed by atoms with van der Waals surface area (Å²) in [7, 11) is 0. The van der Waals surface area contributed by atoms with Gasteiger partial charge in [-0.1, -0.05) is 19.9 Å². The summed E-state index contributed by atoms with van der Waals surface area (Å²) < 4.78 is 0. The molecule has 2 fully saturated rings. The summed E-state index contributed by atoms with van der Waals surface area (Å²) in [5.74, 6) is -0.106. The molecule has 0 spiro atoms. The van der Waals surface area contributed by atoms with Crippen molar-refractivity contribution in [2.45, 2.75) is 32.7 Å². The highest BCUT2D eigenvalue weighted by Gasteiger charge is 2.27. The first-order chi connectivity index (χ1) is 12.5. The quantitative estimate of drug-likeness (QED) is 0.858. The van der Waals surface area contributed by atoms with Gasteiger partial charge in [0.2, 0.25) is 5.91 Å². The van der Waals surface area contributed by atoms with Crippen LogP contribution >= 0.6 is 0 Å². The van der Waals surface area contributed by atoms with Crippen LogP contribution in [0.1, 0.15) is 37.0 Å². The topological polar surface area (TPSA) is 81.8 Å². The Morgan fingerprint density at radius 2 is 2.08 bits per heavy atom. The van der Waals surface area contributed by atoms with Gasteiger partial charge in [-0.25, -0.2) is 4.79 Å². The molecule has 1 aromatic carbocycles. The molecule has 0 aliphatic carbocycles.